The van der Waals surface area contributed by atoms with Gasteiger partial charge in [0.25, 0.3) is 0 Å². The lowest BCUT2D eigenvalue weighted by atomic mass is 10.1. The van der Waals surface area contributed by atoms with E-state index in [9.17, 15) is 18.0 Å². The van der Waals surface area contributed by atoms with Crippen molar-refractivity contribution in [2.75, 3.05) is 6.54 Å². The van der Waals surface area contributed by atoms with Gasteiger partial charge in [-0.25, -0.2) is 0 Å². The van der Waals surface area contributed by atoms with Crippen LogP contribution in [0.4, 0.5) is 13.2 Å². The van der Waals surface area contributed by atoms with E-state index in [-0.39, 0.29) is 12.5 Å². The number of nitrogens with zero attached hydrogens (tertiary/aromatic N) is 2. The third-order valence-corrected chi connectivity index (χ3v) is 3.21. The molecule has 1 heterocycles. The quantitative estimate of drug-likeness (QED) is 0.922. The number of halogens is 3. The number of hydrogen-bond acceptors (Lipinski definition) is 2. The molecule has 0 bridgehead atoms. The molecule has 1 aromatic heterocycles. The Morgan fingerprint density at radius 2 is 2.00 bits per heavy atom. The minimum atomic E-state index is -4.49. The fourth-order valence-corrected chi connectivity index (χ4v) is 2.03. The Morgan fingerprint density at radius 1 is 1.27 bits per heavy atom. The minimum absolute atomic E-state index is 0.232. The van der Waals surface area contributed by atoms with Gasteiger partial charge in [0, 0.05) is 12.7 Å². The lowest BCUT2D eigenvalue weighted by Crippen LogP contribution is -2.29. The van der Waals surface area contributed by atoms with Gasteiger partial charge in [0.05, 0.1) is 0 Å². The van der Waals surface area contributed by atoms with E-state index in [2.05, 4.69) is 10.4 Å². The molecule has 1 amide bonds. The standard InChI is InChI=1S/C15H16F3N3O/c1-11-4-2-3-5-12(11)6-8-19-14(22)10-21-9-7-13(20-21)15(16,17)18/h2-5,7,9H,6,8,10H2,1H3,(H,19,22). The molecule has 0 radical (unpaired) electrons. The third kappa shape index (κ3) is 4.34. The summed E-state index contributed by atoms with van der Waals surface area (Å²) >= 11 is 0. The number of carbonyl (C=O) groups is 1. The summed E-state index contributed by atoms with van der Waals surface area (Å²) in [5, 5.41) is 6.01. The third-order valence-electron chi connectivity index (χ3n) is 3.21. The van der Waals surface area contributed by atoms with Crippen molar-refractivity contribution in [1.29, 1.82) is 0 Å². The molecule has 0 aliphatic heterocycles. The summed E-state index contributed by atoms with van der Waals surface area (Å²) in [6.45, 7) is 2.18. The Labute approximate surface area is 125 Å². The summed E-state index contributed by atoms with van der Waals surface area (Å²) in [5.74, 6) is -0.370. The average molecular weight is 311 g/mol. The van der Waals surface area contributed by atoms with Crippen LogP contribution in [0.5, 0.6) is 0 Å². The molecule has 0 aliphatic rings. The molecule has 0 unspecified atom stereocenters. The van der Waals surface area contributed by atoms with Gasteiger partial charge in [0.15, 0.2) is 5.69 Å². The molecule has 118 valence electrons. The van der Waals surface area contributed by atoms with Crippen LogP contribution in [0.3, 0.4) is 0 Å². The fraction of sp³-hybridized carbons (Fsp3) is 0.333. The van der Waals surface area contributed by atoms with Gasteiger partial charge in [-0.15, -0.1) is 0 Å². The molecule has 22 heavy (non-hydrogen) atoms. The lowest BCUT2D eigenvalue weighted by Gasteiger charge is -2.07. The van der Waals surface area contributed by atoms with Gasteiger partial charge in [-0.3, -0.25) is 9.48 Å². The van der Waals surface area contributed by atoms with Crippen molar-refractivity contribution in [1.82, 2.24) is 15.1 Å². The van der Waals surface area contributed by atoms with Gasteiger partial charge >= 0.3 is 6.18 Å². The van der Waals surface area contributed by atoms with Crippen LogP contribution < -0.4 is 5.32 Å². The van der Waals surface area contributed by atoms with Crippen molar-refractivity contribution in [3.8, 4) is 0 Å². The zero-order valence-corrected chi connectivity index (χ0v) is 12.0. The topological polar surface area (TPSA) is 46.9 Å². The van der Waals surface area contributed by atoms with E-state index in [1.807, 2.05) is 31.2 Å². The second-order valence-corrected chi connectivity index (χ2v) is 4.92. The van der Waals surface area contributed by atoms with Crippen molar-refractivity contribution in [2.24, 2.45) is 0 Å². The lowest BCUT2D eigenvalue weighted by molar-refractivity contribution is -0.141. The van der Waals surface area contributed by atoms with Crippen LogP contribution in [0.1, 0.15) is 16.8 Å². The van der Waals surface area contributed by atoms with E-state index in [0.29, 0.717) is 13.0 Å². The van der Waals surface area contributed by atoms with Gasteiger partial charge < -0.3 is 5.32 Å². The molecular weight excluding hydrogens is 295 g/mol. The largest absolute Gasteiger partial charge is 0.435 e. The molecule has 1 aromatic carbocycles. The van der Waals surface area contributed by atoms with Gasteiger partial charge in [-0.2, -0.15) is 18.3 Å². The summed E-state index contributed by atoms with van der Waals surface area (Å²) < 4.78 is 38.1. The fourth-order valence-electron chi connectivity index (χ4n) is 2.03. The van der Waals surface area contributed by atoms with Crippen molar-refractivity contribution in [3.63, 3.8) is 0 Å². The van der Waals surface area contributed by atoms with E-state index in [1.165, 1.54) is 0 Å². The first-order valence-electron chi connectivity index (χ1n) is 6.78. The Hall–Kier alpha value is -2.31. The van der Waals surface area contributed by atoms with Gasteiger partial charge in [0.1, 0.15) is 6.54 Å². The van der Waals surface area contributed by atoms with Crippen molar-refractivity contribution >= 4 is 5.91 Å². The van der Waals surface area contributed by atoms with Crippen LogP contribution in [0.2, 0.25) is 0 Å². The van der Waals surface area contributed by atoms with Crippen LogP contribution in [0, 0.1) is 6.92 Å². The number of rotatable bonds is 5. The number of benzene rings is 1. The molecule has 0 saturated carbocycles. The van der Waals surface area contributed by atoms with Gasteiger partial charge in [0.2, 0.25) is 5.91 Å². The van der Waals surface area contributed by atoms with Crippen LogP contribution in [0.25, 0.3) is 0 Å². The average Bonchev–Trinajstić information content (AvgIpc) is 2.89. The second kappa shape index (κ2) is 6.64. The van der Waals surface area contributed by atoms with Gasteiger partial charge in [-0.05, 0) is 30.5 Å². The van der Waals surface area contributed by atoms with Crippen LogP contribution >= 0.6 is 0 Å². The smallest absolute Gasteiger partial charge is 0.354 e. The number of aromatic nitrogens is 2. The predicted molar refractivity (Wildman–Crippen MR) is 75.1 cm³/mol. The molecule has 2 rings (SSSR count). The summed E-state index contributed by atoms with van der Waals surface area (Å²) in [7, 11) is 0. The molecule has 2 aromatic rings. The van der Waals surface area contributed by atoms with Crippen molar-refractivity contribution < 1.29 is 18.0 Å². The number of amides is 1. The zero-order chi connectivity index (χ0) is 16.2. The van der Waals surface area contributed by atoms with Crippen LogP contribution in [0.15, 0.2) is 36.5 Å². The number of aryl methyl sites for hydroxylation is 1. The van der Waals surface area contributed by atoms with E-state index in [4.69, 9.17) is 0 Å². The highest BCUT2D eigenvalue weighted by atomic mass is 19.4. The maximum atomic E-state index is 12.4. The molecule has 0 saturated heterocycles. The molecule has 0 atom stereocenters. The second-order valence-electron chi connectivity index (χ2n) is 4.92. The van der Waals surface area contributed by atoms with Crippen molar-refractivity contribution in [3.05, 3.63) is 53.3 Å². The zero-order valence-electron chi connectivity index (χ0n) is 12.0. The highest BCUT2D eigenvalue weighted by Gasteiger charge is 2.33. The summed E-state index contributed by atoms with van der Waals surface area (Å²) in [6.07, 6.45) is -2.68. The predicted octanol–water partition coefficient (Wildman–Crippen LogP) is 2.57. The van der Waals surface area contributed by atoms with E-state index < -0.39 is 11.9 Å². The molecule has 0 aliphatic carbocycles. The highest BCUT2D eigenvalue weighted by molar-refractivity contribution is 5.75. The normalized spacial score (nSPS) is 11.5. The van der Waals surface area contributed by atoms with E-state index in [1.54, 1.807) is 0 Å². The summed E-state index contributed by atoms with van der Waals surface area (Å²) in [4.78, 5) is 11.7. The number of hydrogen-bond donors (Lipinski definition) is 1. The van der Waals surface area contributed by atoms with E-state index in [0.717, 1.165) is 28.1 Å². The first-order chi connectivity index (χ1) is 10.4. The van der Waals surface area contributed by atoms with Crippen LogP contribution in [-0.4, -0.2) is 22.2 Å². The Bertz CT molecular complexity index is 649. The SMILES string of the molecule is Cc1ccccc1CCNC(=O)Cn1ccc(C(F)(F)F)n1. The van der Waals surface area contributed by atoms with E-state index >= 15 is 0 Å². The number of carbonyl (C=O) groups excluding carboxylic acids is 1. The molecule has 7 heteroatoms. The number of alkyl halides is 3. The highest BCUT2D eigenvalue weighted by Crippen LogP contribution is 2.27. The molecular formula is C15H16F3N3O. The maximum Gasteiger partial charge on any atom is 0.435 e. The molecule has 0 spiro atoms. The maximum absolute atomic E-state index is 12.4. The summed E-state index contributed by atoms with van der Waals surface area (Å²) in [6, 6.07) is 8.67. The minimum Gasteiger partial charge on any atom is -0.354 e. The van der Waals surface area contributed by atoms with Crippen molar-refractivity contribution in [2.45, 2.75) is 26.1 Å². The summed E-state index contributed by atoms with van der Waals surface area (Å²) in [5.41, 5.74) is 1.26. The first kappa shape index (κ1) is 16.1. The monoisotopic (exact) mass is 311 g/mol. The Balaban J connectivity index is 1.81. The first-order valence-corrected chi connectivity index (χ1v) is 6.78. The Morgan fingerprint density at radius 3 is 2.64 bits per heavy atom. The Kier molecular flexibility index (Phi) is 4.85. The molecule has 4 nitrogen and oxygen atoms in total. The molecule has 0 fully saturated rings. The number of nitrogens with one attached hydrogen (secondary N) is 1. The van der Waals surface area contributed by atoms with Crippen LogP contribution in [-0.2, 0) is 23.9 Å². The molecule has 1 N–H and O–H groups in total. The van der Waals surface area contributed by atoms with Gasteiger partial charge in [-0.1, -0.05) is 24.3 Å².